The Morgan fingerprint density at radius 2 is 1.96 bits per heavy atom. The van der Waals surface area contributed by atoms with Crippen molar-refractivity contribution < 1.29 is 4.42 Å². The molecule has 5 rings (SSSR count). The normalized spacial score (nSPS) is 17.5. The fourth-order valence-electron chi connectivity index (χ4n) is 3.40. The Kier molecular flexibility index (Phi) is 3.72. The summed E-state index contributed by atoms with van der Waals surface area (Å²) in [5.41, 5.74) is 4.14. The van der Waals surface area contributed by atoms with Gasteiger partial charge in [-0.3, -0.25) is 0 Å². The van der Waals surface area contributed by atoms with Crippen molar-refractivity contribution in [2.45, 2.75) is 11.7 Å². The first-order valence-electron chi connectivity index (χ1n) is 8.56. The summed E-state index contributed by atoms with van der Waals surface area (Å²) in [7, 11) is 0. The first-order chi connectivity index (χ1) is 12.3. The fraction of sp³-hybridized carbons (Fsp3) is 0.190. The van der Waals surface area contributed by atoms with E-state index in [0.717, 1.165) is 35.5 Å². The number of hydrogen-bond donors (Lipinski definition) is 1. The van der Waals surface area contributed by atoms with Gasteiger partial charge in [-0.25, -0.2) is 4.98 Å². The van der Waals surface area contributed by atoms with Gasteiger partial charge in [-0.1, -0.05) is 36.4 Å². The second-order valence-corrected chi connectivity index (χ2v) is 7.76. The van der Waals surface area contributed by atoms with Crippen molar-refractivity contribution in [3.8, 4) is 11.5 Å². The average molecular weight is 346 g/mol. The molecule has 1 aliphatic rings. The SMILES string of the molecule is c1ccc2cc(-c3nc4cc(CC5CNCS5)ccc4o3)ccc2c1. The number of nitrogens with one attached hydrogen (secondary N) is 1. The lowest BCUT2D eigenvalue weighted by molar-refractivity contribution is 0.620. The van der Waals surface area contributed by atoms with Gasteiger partial charge in [-0.2, -0.15) is 0 Å². The van der Waals surface area contributed by atoms with Crippen LogP contribution in [0.25, 0.3) is 33.3 Å². The summed E-state index contributed by atoms with van der Waals surface area (Å²) < 4.78 is 6.00. The molecule has 1 saturated heterocycles. The lowest BCUT2D eigenvalue weighted by Crippen LogP contribution is -2.14. The number of oxazole rings is 1. The van der Waals surface area contributed by atoms with Gasteiger partial charge in [-0.15, -0.1) is 11.8 Å². The molecule has 124 valence electrons. The van der Waals surface area contributed by atoms with Crippen molar-refractivity contribution in [1.29, 1.82) is 0 Å². The van der Waals surface area contributed by atoms with Crippen molar-refractivity contribution in [2.75, 3.05) is 12.4 Å². The van der Waals surface area contributed by atoms with Crippen molar-refractivity contribution in [1.82, 2.24) is 10.3 Å². The minimum Gasteiger partial charge on any atom is -0.436 e. The van der Waals surface area contributed by atoms with Crippen LogP contribution in [0.15, 0.2) is 65.1 Å². The maximum atomic E-state index is 6.00. The van der Waals surface area contributed by atoms with Gasteiger partial charge in [-0.05, 0) is 47.0 Å². The van der Waals surface area contributed by atoms with Crippen molar-refractivity contribution in [3.63, 3.8) is 0 Å². The van der Waals surface area contributed by atoms with Crippen molar-refractivity contribution in [2.24, 2.45) is 0 Å². The van der Waals surface area contributed by atoms with Crippen LogP contribution in [-0.2, 0) is 6.42 Å². The third-order valence-electron chi connectivity index (χ3n) is 4.70. The molecule has 0 amide bonds. The van der Waals surface area contributed by atoms with Crippen molar-refractivity contribution in [3.05, 3.63) is 66.2 Å². The monoisotopic (exact) mass is 346 g/mol. The molecule has 2 heterocycles. The van der Waals surface area contributed by atoms with E-state index in [-0.39, 0.29) is 0 Å². The molecule has 0 bridgehead atoms. The molecule has 0 radical (unpaired) electrons. The number of benzene rings is 3. The smallest absolute Gasteiger partial charge is 0.227 e. The van der Waals surface area contributed by atoms with E-state index in [1.165, 1.54) is 16.3 Å². The predicted octanol–water partition coefficient (Wildman–Crippen LogP) is 4.85. The van der Waals surface area contributed by atoms with E-state index in [9.17, 15) is 0 Å². The molecular formula is C21H18N2OS. The van der Waals surface area contributed by atoms with Crippen molar-refractivity contribution >= 4 is 33.6 Å². The quantitative estimate of drug-likeness (QED) is 0.575. The van der Waals surface area contributed by atoms with Gasteiger partial charge in [0.05, 0.1) is 0 Å². The minimum absolute atomic E-state index is 0.657. The van der Waals surface area contributed by atoms with Crippen LogP contribution in [0.2, 0.25) is 0 Å². The Hall–Kier alpha value is -2.30. The molecule has 1 fully saturated rings. The van der Waals surface area contributed by atoms with Gasteiger partial charge in [0.25, 0.3) is 0 Å². The maximum Gasteiger partial charge on any atom is 0.227 e. The van der Waals surface area contributed by atoms with E-state index in [2.05, 4.69) is 66.0 Å². The van der Waals surface area contributed by atoms with Crippen LogP contribution in [0.4, 0.5) is 0 Å². The molecule has 3 nitrogen and oxygen atoms in total. The Bertz CT molecular complexity index is 1050. The van der Waals surface area contributed by atoms with Crippen LogP contribution in [0.5, 0.6) is 0 Å². The fourth-order valence-corrected chi connectivity index (χ4v) is 4.41. The molecule has 1 N–H and O–H groups in total. The summed E-state index contributed by atoms with van der Waals surface area (Å²) >= 11 is 1.99. The summed E-state index contributed by atoms with van der Waals surface area (Å²) in [5, 5.41) is 6.49. The molecule has 4 aromatic rings. The van der Waals surface area contributed by atoms with Crippen LogP contribution < -0.4 is 5.32 Å². The highest BCUT2D eigenvalue weighted by molar-refractivity contribution is 8.00. The van der Waals surface area contributed by atoms with Gasteiger partial charge < -0.3 is 9.73 Å². The third-order valence-corrected chi connectivity index (χ3v) is 5.88. The predicted molar refractivity (Wildman–Crippen MR) is 105 cm³/mol. The summed E-state index contributed by atoms with van der Waals surface area (Å²) in [4.78, 5) is 4.74. The lowest BCUT2D eigenvalue weighted by Gasteiger charge is -2.06. The maximum absolute atomic E-state index is 6.00. The van der Waals surface area contributed by atoms with E-state index < -0.39 is 0 Å². The third kappa shape index (κ3) is 2.92. The molecule has 1 atom stereocenters. The van der Waals surface area contributed by atoms with E-state index in [4.69, 9.17) is 9.40 Å². The molecule has 1 aromatic heterocycles. The highest BCUT2D eigenvalue weighted by Gasteiger charge is 2.16. The van der Waals surface area contributed by atoms with Gasteiger partial charge in [0.2, 0.25) is 5.89 Å². The number of rotatable bonds is 3. The number of aromatic nitrogens is 1. The Balaban J connectivity index is 1.50. The summed E-state index contributed by atoms with van der Waals surface area (Å²) in [6, 6.07) is 21.1. The van der Waals surface area contributed by atoms with Crippen LogP contribution in [-0.4, -0.2) is 22.7 Å². The van der Waals surface area contributed by atoms with E-state index in [1.807, 2.05) is 11.8 Å². The van der Waals surface area contributed by atoms with E-state index in [1.54, 1.807) is 0 Å². The van der Waals surface area contributed by atoms with E-state index >= 15 is 0 Å². The van der Waals surface area contributed by atoms with Gasteiger partial charge in [0.1, 0.15) is 5.52 Å². The number of nitrogens with zero attached hydrogens (tertiary/aromatic N) is 1. The molecule has 1 aliphatic heterocycles. The molecule has 4 heteroatoms. The highest BCUT2D eigenvalue weighted by Crippen LogP contribution is 2.28. The first-order valence-corrected chi connectivity index (χ1v) is 9.61. The first kappa shape index (κ1) is 15.0. The number of hydrogen-bond acceptors (Lipinski definition) is 4. The zero-order valence-corrected chi connectivity index (χ0v) is 14.6. The Labute approximate surface area is 150 Å². The second-order valence-electron chi connectivity index (χ2n) is 6.47. The molecular weight excluding hydrogens is 328 g/mol. The van der Waals surface area contributed by atoms with E-state index in [0.29, 0.717) is 11.1 Å². The number of fused-ring (bicyclic) bond motifs is 2. The van der Waals surface area contributed by atoms with Gasteiger partial charge >= 0.3 is 0 Å². The molecule has 3 aromatic carbocycles. The molecule has 25 heavy (non-hydrogen) atoms. The topological polar surface area (TPSA) is 38.1 Å². The van der Waals surface area contributed by atoms with Crippen LogP contribution in [0.3, 0.4) is 0 Å². The highest BCUT2D eigenvalue weighted by atomic mass is 32.2. The summed E-state index contributed by atoms with van der Waals surface area (Å²) in [6.07, 6.45) is 1.08. The van der Waals surface area contributed by atoms with Crippen LogP contribution in [0.1, 0.15) is 5.56 Å². The summed E-state index contributed by atoms with van der Waals surface area (Å²) in [6.45, 7) is 1.09. The molecule has 0 spiro atoms. The van der Waals surface area contributed by atoms with Gasteiger partial charge in [0, 0.05) is 23.2 Å². The van der Waals surface area contributed by atoms with Gasteiger partial charge in [0.15, 0.2) is 5.58 Å². The Morgan fingerprint density at radius 1 is 1.04 bits per heavy atom. The van der Waals surface area contributed by atoms with Crippen LogP contribution in [0, 0.1) is 0 Å². The number of thioether (sulfide) groups is 1. The largest absolute Gasteiger partial charge is 0.436 e. The minimum atomic E-state index is 0.657. The molecule has 0 aliphatic carbocycles. The molecule has 0 saturated carbocycles. The molecule has 1 unspecified atom stereocenters. The Morgan fingerprint density at radius 3 is 2.84 bits per heavy atom. The lowest BCUT2D eigenvalue weighted by atomic mass is 10.1. The zero-order chi connectivity index (χ0) is 16.6. The second kappa shape index (κ2) is 6.21. The van der Waals surface area contributed by atoms with Crippen LogP contribution >= 0.6 is 11.8 Å². The zero-order valence-electron chi connectivity index (χ0n) is 13.7. The standard InChI is InChI=1S/C21H18N2OS/c1-2-4-16-11-17(7-6-15(16)3-1)21-23-19-10-14(5-8-20(19)24-21)9-18-12-22-13-25-18/h1-8,10-11,18,22H,9,12-13H2. The summed E-state index contributed by atoms with van der Waals surface area (Å²) in [5.74, 6) is 1.75. The average Bonchev–Trinajstić information content (AvgIpc) is 3.30.